The van der Waals surface area contributed by atoms with Gasteiger partial charge in [-0.05, 0) is 48.4 Å². The lowest BCUT2D eigenvalue weighted by molar-refractivity contribution is 0.305. The molecule has 0 saturated carbocycles. The Balaban J connectivity index is 1.69. The molecule has 3 aromatic carbocycles. The van der Waals surface area contributed by atoms with E-state index < -0.39 is 15.8 Å². The summed E-state index contributed by atoms with van der Waals surface area (Å²) in [5.41, 5.74) is 1.84. The van der Waals surface area contributed by atoms with Crippen molar-refractivity contribution in [2.45, 2.75) is 11.5 Å². The first-order valence-electron chi connectivity index (χ1n) is 9.27. The van der Waals surface area contributed by atoms with Crippen molar-refractivity contribution in [2.75, 3.05) is 0 Å². The van der Waals surface area contributed by atoms with E-state index >= 15 is 0 Å². The molecule has 0 spiro atoms. The number of nitrogens with zero attached hydrogens (tertiary/aromatic N) is 1. The number of ether oxygens (including phenoxy) is 1. The van der Waals surface area contributed by atoms with E-state index in [0.29, 0.717) is 17.9 Å². The topological polar surface area (TPSA) is 48.3 Å². The molecule has 151 valence electrons. The van der Waals surface area contributed by atoms with E-state index in [1.54, 1.807) is 30.3 Å². The molecule has 0 atom stereocenters. The van der Waals surface area contributed by atoms with Gasteiger partial charge in [-0.3, -0.25) is 0 Å². The largest absolute Gasteiger partial charge is 0.489 e. The smallest absolute Gasteiger partial charge is 0.268 e. The lowest BCUT2D eigenvalue weighted by atomic mass is 10.1. The highest BCUT2D eigenvalue weighted by molar-refractivity contribution is 7.90. The van der Waals surface area contributed by atoms with E-state index in [1.807, 2.05) is 30.3 Å². The van der Waals surface area contributed by atoms with Crippen molar-refractivity contribution in [2.24, 2.45) is 0 Å². The fourth-order valence-corrected chi connectivity index (χ4v) is 4.57. The van der Waals surface area contributed by atoms with Crippen molar-refractivity contribution < 1.29 is 17.5 Å². The van der Waals surface area contributed by atoms with Gasteiger partial charge in [-0.2, -0.15) is 0 Å². The third-order valence-electron chi connectivity index (χ3n) is 4.60. The predicted octanol–water partition coefficient (Wildman–Crippen LogP) is 5.29. The molecule has 6 heteroatoms. The van der Waals surface area contributed by atoms with E-state index in [0.717, 1.165) is 9.54 Å². The van der Waals surface area contributed by atoms with E-state index in [9.17, 15) is 12.8 Å². The van der Waals surface area contributed by atoms with Crippen LogP contribution in [0.25, 0.3) is 11.3 Å². The molecule has 4 aromatic rings. The molecule has 0 aliphatic heterocycles. The number of halogens is 1. The second-order valence-electron chi connectivity index (χ2n) is 6.76. The van der Waals surface area contributed by atoms with Crippen LogP contribution in [0.5, 0.6) is 5.75 Å². The zero-order valence-electron chi connectivity index (χ0n) is 16.0. The maximum Gasteiger partial charge on any atom is 0.268 e. The molecule has 0 aliphatic carbocycles. The Morgan fingerprint density at radius 3 is 2.40 bits per heavy atom. The van der Waals surface area contributed by atoms with E-state index in [1.165, 1.54) is 30.5 Å². The summed E-state index contributed by atoms with van der Waals surface area (Å²) in [6.07, 6.45) is 1.38. The van der Waals surface area contributed by atoms with Crippen LogP contribution in [-0.4, -0.2) is 12.4 Å². The Hall–Kier alpha value is -3.38. The van der Waals surface area contributed by atoms with Gasteiger partial charge in [-0.1, -0.05) is 48.5 Å². The number of hydrogen-bond donors (Lipinski definition) is 0. The zero-order chi connectivity index (χ0) is 21.1. The summed E-state index contributed by atoms with van der Waals surface area (Å²) in [6, 6.07) is 23.4. The van der Waals surface area contributed by atoms with Crippen LogP contribution in [0.15, 0.2) is 96.0 Å². The van der Waals surface area contributed by atoms with Crippen LogP contribution in [0, 0.1) is 12.7 Å². The second kappa shape index (κ2) is 8.16. The number of benzene rings is 3. The second-order valence-corrected chi connectivity index (χ2v) is 8.58. The van der Waals surface area contributed by atoms with Gasteiger partial charge in [0.2, 0.25) is 0 Å². The van der Waals surface area contributed by atoms with Crippen molar-refractivity contribution in [1.82, 2.24) is 3.97 Å². The molecular weight excluding hydrogens is 401 g/mol. The molecule has 4 rings (SSSR count). The monoisotopic (exact) mass is 420 g/mol. The summed E-state index contributed by atoms with van der Waals surface area (Å²) in [7, 11) is -3.99. The van der Waals surface area contributed by atoms with Crippen molar-refractivity contribution in [3.05, 3.63) is 115 Å². The number of rotatable bonds is 6. The van der Waals surface area contributed by atoms with Gasteiger partial charge in [0.15, 0.2) is 0 Å². The minimum atomic E-state index is -3.99. The standard InChI is InChI=1S/C24H19FNO3S/c1-18-14-24(22-12-5-6-13-23(22)25)26(16-18)30(27,28)21-11-7-10-20(15-21)29-17-19-8-3-2-4-9-19/h2-16H,1,17H2. The van der Waals surface area contributed by atoms with E-state index in [4.69, 9.17) is 4.74 Å². The van der Waals surface area contributed by atoms with Gasteiger partial charge < -0.3 is 4.74 Å². The van der Waals surface area contributed by atoms with Crippen LogP contribution in [-0.2, 0) is 16.6 Å². The van der Waals surface area contributed by atoms with Gasteiger partial charge in [-0.25, -0.2) is 16.8 Å². The molecule has 0 fully saturated rings. The highest BCUT2D eigenvalue weighted by atomic mass is 32.2. The normalized spacial score (nSPS) is 11.4. The van der Waals surface area contributed by atoms with Gasteiger partial charge in [0.1, 0.15) is 18.2 Å². The Bertz CT molecular complexity index is 1280. The Morgan fingerprint density at radius 1 is 0.900 bits per heavy atom. The average Bonchev–Trinajstić information content (AvgIpc) is 3.16. The first kappa shape index (κ1) is 19.9. The van der Waals surface area contributed by atoms with Crippen LogP contribution in [0.1, 0.15) is 11.1 Å². The molecule has 30 heavy (non-hydrogen) atoms. The van der Waals surface area contributed by atoms with Crippen molar-refractivity contribution in [3.8, 4) is 17.0 Å². The molecule has 1 aromatic heterocycles. The van der Waals surface area contributed by atoms with E-state index in [2.05, 4.69) is 6.92 Å². The third-order valence-corrected chi connectivity index (χ3v) is 6.27. The average molecular weight is 420 g/mol. The maximum atomic E-state index is 14.3. The third kappa shape index (κ3) is 4.00. The summed E-state index contributed by atoms with van der Waals surface area (Å²) in [6.45, 7) is 4.13. The predicted molar refractivity (Wildman–Crippen MR) is 114 cm³/mol. The van der Waals surface area contributed by atoms with Crippen LogP contribution < -0.4 is 4.74 Å². The highest BCUT2D eigenvalue weighted by Crippen LogP contribution is 2.29. The Labute approximate surface area is 175 Å². The Morgan fingerprint density at radius 2 is 1.63 bits per heavy atom. The SMILES string of the molecule is [CH2]c1cc(-c2ccccc2F)n(S(=O)(=O)c2cccc(OCc3ccccc3)c2)c1. The van der Waals surface area contributed by atoms with Crippen molar-refractivity contribution in [3.63, 3.8) is 0 Å². The quantitative estimate of drug-likeness (QED) is 0.426. The summed E-state index contributed by atoms with van der Waals surface area (Å²) < 4.78 is 47.8. The van der Waals surface area contributed by atoms with Gasteiger partial charge in [0, 0.05) is 17.8 Å². The molecule has 0 aliphatic rings. The molecular formula is C24H19FNO3S. The maximum absolute atomic E-state index is 14.3. The van der Waals surface area contributed by atoms with Gasteiger partial charge in [0.25, 0.3) is 10.0 Å². The van der Waals surface area contributed by atoms with Crippen molar-refractivity contribution in [1.29, 1.82) is 0 Å². The minimum absolute atomic E-state index is 0.0428. The molecule has 1 heterocycles. The molecule has 0 bridgehead atoms. The number of hydrogen-bond acceptors (Lipinski definition) is 3. The summed E-state index contributed by atoms with van der Waals surface area (Å²) >= 11 is 0. The first-order valence-corrected chi connectivity index (χ1v) is 10.7. The highest BCUT2D eigenvalue weighted by Gasteiger charge is 2.23. The van der Waals surface area contributed by atoms with Crippen LogP contribution in [0.2, 0.25) is 0 Å². The molecule has 1 radical (unpaired) electrons. The molecule has 0 N–H and O–H groups in total. The van der Waals surface area contributed by atoms with Crippen LogP contribution >= 0.6 is 0 Å². The van der Waals surface area contributed by atoms with Gasteiger partial charge >= 0.3 is 0 Å². The lowest BCUT2D eigenvalue weighted by Gasteiger charge is -2.13. The zero-order valence-corrected chi connectivity index (χ0v) is 16.8. The van der Waals surface area contributed by atoms with Crippen molar-refractivity contribution >= 4 is 10.0 Å². The summed E-state index contributed by atoms with van der Waals surface area (Å²) in [4.78, 5) is 0.0428. The molecule has 0 unspecified atom stereocenters. The number of aromatic nitrogens is 1. The minimum Gasteiger partial charge on any atom is -0.489 e. The molecule has 4 nitrogen and oxygen atoms in total. The Kier molecular flexibility index (Phi) is 5.42. The molecule has 0 amide bonds. The molecule has 0 saturated heterocycles. The lowest BCUT2D eigenvalue weighted by Crippen LogP contribution is -2.13. The van der Waals surface area contributed by atoms with Gasteiger partial charge in [0.05, 0.1) is 10.6 Å². The van der Waals surface area contributed by atoms with Crippen LogP contribution in [0.4, 0.5) is 4.39 Å². The summed E-state index contributed by atoms with van der Waals surface area (Å²) in [5.74, 6) is -0.0821. The van der Waals surface area contributed by atoms with E-state index in [-0.39, 0.29) is 16.2 Å². The fourth-order valence-electron chi connectivity index (χ4n) is 3.14. The first-order chi connectivity index (χ1) is 14.4. The summed E-state index contributed by atoms with van der Waals surface area (Å²) in [5, 5.41) is 0. The fraction of sp³-hybridized carbons (Fsp3) is 0.0417. The van der Waals surface area contributed by atoms with Gasteiger partial charge in [-0.15, -0.1) is 0 Å². The van der Waals surface area contributed by atoms with Crippen LogP contribution in [0.3, 0.4) is 0 Å².